The fourth-order valence-corrected chi connectivity index (χ4v) is 4.11. The molecule has 26 heavy (non-hydrogen) atoms. The third-order valence-corrected chi connectivity index (χ3v) is 5.70. The number of anilines is 2. The summed E-state index contributed by atoms with van der Waals surface area (Å²) in [6, 6.07) is 5.41. The Kier molecular flexibility index (Phi) is 7.04. The normalized spacial score (nSPS) is 20.0. The average Bonchev–Trinajstić information content (AvgIpc) is 3.07. The fraction of sp³-hybridized carbons (Fsp3) is 0.667. The Balaban J connectivity index is 1.57. The molecule has 3 rings (SSSR count). The van der Waals surface area contributed by atoms with Crippen molar-refractivity contribution >= 4 is 23.5 Å². The zero-order valence-electron chi connectivity index (χ0n) is 15.6. The highest BCUT2D eigenvalue weighted by molar-refractivity contribution is 5.93. The number of amides is 2. The molecule has 1 aromatic rings. The number of nitrogens with one attached hydrogen (secondary N) is 2. The highest BCUT2D eigenvalue weighted by atomic mass is 16.2. The first-order valence-corrected chi connectivity index (χ1v) is 10.3. The van der Waals surface area contributed by atoms with Gasteiger partial charge in [-0.15, -0.1) is 0 Å². The van der Waals surface area contributed by atoms with E-state index >= 15 is 0 Å². The van der Waals surface area contributed by atoms with Gasteiger partial charge in [0.05, 0.1) is 0 Å². The summed E-state index contributed by atoms with van der Waals surface area (Å²) in [4.78, 5) is 29.4. The molecule has 142 valence electrons. The van der Waals surface area contributed by atoms with Gasteiger partial charge in [-0.3, -0.25) is 9.59 Å². The van der Waals surface area contributed by atoms with Crippen molar-refractivity contribution in [2.45, 2.75) is 77.0 Å². The number of aromatic nitrogens is 1. The molecule has 5 nitrogen and oxygen atoms in total. The largest absolute Gasteiger partial charge is 0.310 e. The molecular formula is C21H31N3O2. The van der Waals surface area contributed by atoms with Gasteiger partial charge in [0.1, 0.15) is 11.6 Å². The van der Waals surface area contributed by atoms with Gasteiger partial charge in [-0.2, -0.15) is 0 Å². The number of pyridine rings is 1. The zero-order chi connectivity index (χ0) is 18.2. The fourth-order valence-electron chi connectivity index (χ4n) is 4.11. The van der Waals surface area contributed by atoms with Crippen molar-refractivity contribution in [1.82, 2.24) is 4.98 Å². The molecule has 2 N–H and O–H groups in total. The maximum atomic E-state index is 12.5. The van der Waals surface area contributed by atoms with Crippen LogP contribution in [-0.2, 0) is 9.59 Å². The molecule has 2 amide bonds. The smallest absolute Gasteiger partial charge is 0.228 e. The van der Waals surface area contributed by atoms with Gasteiger partial charge in [-0.1, -0.05) is 57.4 Å². The Hall–Kier alpha value is -1.91. The van der Waals surface area contributed by atoms with Crippen LogP contribution in [0.5, 0.6) is 0 Å². The van der Waals surface area contributed by atoms with E-state index in [9.17, 15) is 9.59 Å². The summed E-state index contributed by atoms with van der Waals surface area (Å²) in [5.41, 5.74) is 0. The number of carbonyl (C=O) groups excluding carboxylic acids is 2. The van der Waals surface area contributed by atoms with Gasteiger partial charge in [-0.05, 0) is 37.8 Å². The molecule has 0 bridgehead atoms. The lowest BCUT2D eigenvalue weighted by atomic mass is 9.99. The van der Waals surface area contributed by atoms with Crippen molar-refractivity contribution in [2.75, 3.05) is 10.6 Å². The first-order valence-electron chi connectivity index (χ1n) is 10.3. The second-order valence-corrected chi connectivity index (χ2v) is 7.76. The molecule has 0 saturated heterocycles. The molecular weight excluding hydrogens is 326 g/mol. The Morgan fingerprint density at radius 1 is 0.692 bits per heavy atom. The van der Waals surface area contributed by atoms with Crippen molar-refractivity contribution in [1.29, 1.82) is 0 Å². The van der Waals surface area contributed by atoms with Crippen LogP contribution in [0.1, 0.15) is 77.0 Å². The van der Waals surface area contributed by atoms with Crippen LogP contribution in [0.3, 0.4) is 0 Å². The first kappa shape index (κ1) is 18.9. The summed E-state index contributed by atoms with van der Waals surface area (Å²) in [7, 11) is 0. The highest BCUT2D eigenvalue weighted by Gasteiger charge is 2.22. The summed E-state index contributed by atoms with van der Waals surface area (Å²) < 4.78 is 0. The average molecular weight is 357 g/mol. The van der Waals surface area contributed by atoms with Crippen LogP contribution >= 0.6 is 0 Å². The summed E-state index contributed by atoms with van der Waals surface area (Å²) in [5, 5.41) is 5.88. The van der Waals surface area contributed by atoms with E-state index in [4.69, 9.17) is 0 Å². The van der Waals surface area contributed by atoms with E-state index in [-0.39, 0.29) is 23.7 Å². The van der Waals surface area contributed by atoms with Gasteiger partial charge in [0.15, 0.2) is 0 Å². The second kappa shape index (κ2) is 9.70. The molecule has 0 aliphatic heterocycles. The van der Waals surface area contributed by atoms with Crippen LogP contribution in [0.15, 0.2) is 18.2 Å². The summed E-state index contributed by atoms with van der Waals surface area (Å²) >= 11 is 0. The Labute approximate surface area is 156 Å². The first-order chi connectivity index (χ1) is 12.7. The molecule has 5 heteroatoms. The molecule has 0 radical (unpaired) electrons. The molecule has 1 aromatic heterocycles. The van der Waals surface area contributed by atoms with Crippen LogP contribution in [0.4, 0.5) is 11.6 Å². The maximum absolute atomic E-state index is 12.5. The van der Waals surface area contributed by atoms with E-state index in [1.807, 2.05) is 6.07 Å². The van der Waals surface area contributed by atoms with E-state index in [0.717, 1.165) is 51.4 Å². The summed E-state index contributed by atoms with van der Waals surface area (Å²) in [5.74, 6) is 1.35. The van der Waals surface area contributed by atoms with Gasteiger partial charge >= 0.3 is 0 Å². The molecule has 0 aromatic carbocycles. The molecule has 2 saturated carbocycles. The summed E-state index contributed by atoms with van der Waals surface area (Å²) in [6.45, 7) is 0. The Bertz CT molecular complexity index is 552. The molecule has 2 fully saturated rings. The van der Waals surface area contributed by atoms with Crippen LogP contribution in [0, 0.1) is 11.8 Å². The van der Waals surface area contributed by atoms with E-state index in [0.29, 0.717) is 11.6 Å². The number of nitrogens with zero attached hydrogens (tertiary/aromatic N) is 1. The Morgan fingerprint density at radius 3 is 1.46 bits per heavy atom. The Morgan fingerprint density at radius 2 is 1.08 bits per heavy atom. The van der Waals surface area contributed by atoms with Crippen molar-refractivity contribution in [2.24, 2.45) is 11.8 Å². The molecule has 2 aliphatic carbocycles. The maximum Gasteiger partial charge on any atom is 0.228 e. The van der Waals surface area contributed by atoms with E-state index in [1.54, 1.807) is 12.1 Å². The molecule has 2 aliphatic rings. The lowest BCUT2D eigenvalue weighted by molar-refractivity contribution is -0.121. The van der Waals surface area contributed by atoms with Crippen LogP contribution in [0.25, 0.3) is 0 Å². The van der Waals surface area contributed by atoms with Crippen LogP contribution < -0.4 is 10.6 Å². The molecule has 1 heterocycles. The third-order valence-electron chi connectivity index (χ3n) is 5.70. The van der Waals surface area contributed by atoms with Gasteiger partial charge in [0.2, 0.25) is 11.8 Å². The van der Waals surface area contributed by atoms with Crippen molar-refractivity contribution in [3.63, 3.8) is 0 Å². The number of hydrogen-bond donors (Lipinski definition) is 2. The lowest BCUT2D eigenvalue weighted by Gasteiger charge is -2.15. The van der Waals surface area contributed by atoms with Gasteiger partial charge in [-0.25, -0.2) is 4.98 Å². The summed E-state index contributed by atoms with van der Waals surface area (Å²) in [6.07, 6.45) is 13.3. The highest BCUT2D eigenvalue weighted by Crippen LogP contribution is 2.25. The number of hydrogen-bond acceptors (Lipinski definition) is 3. The van der Waals surface area contributed by atoms with Crippen LogP contribution in [-0.4, -0.2) is 16.8 Å². The van der Waals surface area contributed by atoms with E-state index in [1.165, 1.54) is 25.7 Å². The van der Waals surface area contributed by atoms with Crippen molar-refractivity contribution < 1.29 is 9.59 Å². The second-order valence-electron chi connectivity index (χ2n) is 7.76. The minimum absolute atomic E-state index is 0.0617. The van der Waals surface area contributed by atoms with Gasteiger partial charge in [0, 0.05) is 11.8 Å². The standard InChI is InChI=1S/C21H31N3O2/c25-20(16-10-5-1-2-6-11-16)23-18-14-9-15-19(22-18)24-21(26)17-12-7-3-4-8-13-17/h9,14-17H,1-8,10-13H2,(H2,22,23,24,25,26). The minimum Gasteiger partial charge on any atom is -0.310 e. The number of rotatable bonds is 4. The SMILES string of the molecule is O=C(Nc1cccc(NC(=O)C2CCCCCC2)n1)C1CCCCCC1. The van der Waals surface area contributed by atoms with Crippen molar-refractivity contribution in [3.05, 3.63) is 18.2 Å². The molecule has 0 spiro atoms. The number of carbonyl (C=O) groups is 2. The predicted octanol–water partition coefficient (Wildman–Crippen LogP) is 4.90. The zero-order valence-corrected chi connectivity index (χ0v) is 15.6. The molecule has 0 unspecified atom stereocenters. The van der Waals surface area contributed by atoms with Gasteiger partial charge in [0.25, 0.3) is 0 Å². The lowest BCUT2D eigenvalue weighted by Crippen LogP contribution is -2.24. The van der Waals surface area contributed by atoms with Crippen LogP contribution in [0.2, 0.25) is 0 Å². The van der Waals surface area contributed by atoms with E-state index < -0.39 is 0 Å². The van der Waals surface area contributed by atoms with Gasteiger partial charge < -0.3 is 10.6 Å². The third kappa shape index (κ3) is 5.55. The topological polar surface area (TPSA) is 71.1 Å². The van der Waals surface area contributed by atoms with E-state index in [2.05, 4.69) is 15.6 Å². The monoisotopic (exact) mass is 357 g/mol. The van der Waals surface area contributed by atoms with Crippen molar-refractivity contribution in [3.8, 4) is 0 Å². The molecule has 0 atom stereocenters. The minimum atomic E-state index is 0.0617. The quantitative estimate of drug-likeness (QED) is 0.753. The predicted molar refractivity (Wildman–Crippen MR) is 104 cm³/mol.